The first-order valence-corrected chi connectivity index (χ1v) is 8.96. The minimum absolute atomic E-state index is 0.491. The van der Waals surface area contributed by atoms with Crippen molar-refractivity contribution in [2.75, 3.05) is 16.4 Å². The number of hydrogen-bond donors (Lipinski definition) is 3. The number of nitrogens with two attached hydrogens (primary N) is 1. The number of nitrogen functional groups attached to an aromatic ring is 1. The van der Waals surface area contributed by atoms with Crippen molar-refractivity contribution in [2.45, 2.75) is 33.1 Å². The third-order valence-electron chi connectivity index (χ3n) is 4.32. The number of aromatic nitrogens is 2. The standard InChI is InChI=1S/C21H25N5/c1-3-4-8-16-10-12-17(13-11-16)25-20-19(22)21(24-14-23-20)26-18-9-6-5-7-15(18)2/h5-7,9-14H,3-4,8,22H2,1-2H3,(H2,23,24,25,26). The van der Waals surface area contributed by atoms with Crippen LogP contribution in [-0.4, -0.2) is 9.97 Å². The van der Waals surface area contributed by atoms with Gasteiger partial charge in [-0.15, -0.1) is 0 Å². The minimum atomic E-state index is 0.491. The molecule has 1 heterocycles. The third-order valence-corrected chi connectivity index (χ3v) is 4.32. The second-order valence-electron chi connectivity index (χ2n) is 6.35. The average molecular weight is 347 g/mol. The highest BCUT2D eigenvalue weighted by atomic mass is 15.1. The molecule has 134 valence electrons. The molecule has 26 heavy (non-hydrogen) atoms. The summed E-state index contributed by atoms with van der Waals surface area (Å²) < 4.78 is 0. The molecule has 0 saturated heterocycles. The molecule has 0 spiro atoms. The second kappa shape index (κ2) is 8.34. The molecule has 2 aromatic carbocycles. The van der Waals surface area contributed by atoms with Gasteiger partial charge >= 0.3 is 0 Å². The van der Waals surface area contributed by atoms with Crippen molar-refractivity contribution in [3.05, 3.63) is 66.0 Å². The Morgan fingerprint density at radius 2 is 1.62 bits per heavy atom. The maximum absolute atomic E-state index is 6.27. The molecule has 5 nitrogen and oxygen atoms in total. The van der Waals surface area contributed by atoms with E-state index in [0.717, 1.165) is 23.4 Å². The normalized spacial score (nSPS) is 10.5. The molecule has 0 unspecified atom stereocenters. The number of anilines is 5. The number of nitrogens with zero attached hydrogens (tertiary/aromatic N) is 2. The van der Waals surface area contributed by atoms with Crippen molar-refractivity contribution in [2.24, 2.45) is 0 Å². The lowest BCUT2D eigenvalue weighted by Crippen LogP contribution is -2.05. The van der Waals surface area contributed by atoms with Gasteiger partial charge in [0.1, 0.15) is 12.0 Å². The van der Waals surface area contributed by atoms with E-state index in [1.807, 2.05) is 31.2 Å². The third kappa shape index (κ3) is 4.30. The van der Waals surface area contributed by atoms with E-state index in [1.165, 1.54) is 24.7 Å². The Morgan fingerprint density at radius 1 is 0.923 bits per heavy atom. The highest BCUT2D eigenvalue weighted by molar-refractivity contribution is 5.80. The van der Waals surface area contributed by atoms with Crippen LogP contribution in [0.1, 0.15) is 30.9 Å². The smallest absolute Gasteiger partial charge is 0.159 e. The molecular weight excluding hydrogens is 322 g/mol. The van der Waals surface area contributed by atoms with Crippen LogP contribution < -0.4 is 16.4 Å². The van der Waals surface area contributed by atoms with Crippen LogP contribution in [-0.2, 0) is 6.42 Å². The van der Waals surface area contributed by atoms with E-state index in [9.17, 15) is 0 Å². The van der Waals surface area contributed by atoms with Gasteiger partial charge in [0, 0.05) is 11.4 Å². The Bertz CT molecular complexity index is 859. The van der Waals surface area contributed by atoms with Crippen molar-refractivity contribution in [3.8, 4) is 0 Å². The summed E-state index contributed by atoms with van der Waals surface area (Å²) in [5, 5.41) is 6.56. The van der Waals surface area contributed by atoms with Crippen molar-refractivity contribution in [3.63, 3.8) is 0 Å². The highest BCUT2D eigenvalue weighted by Crippen LogP contribution is 2.29. The van der Waals surface area contributed by atoms with E-state index in [-0.39, 0.29) is 0 Å². The molecule has 0 atom stereocenters. The second-order valence-corrected chi connectivity index (χ2v) is 6.35. The molecular formula is C21H25N5. The fraction of sp³-hybridized carbons (Fsp3) is 0.238. The molecule has 3 rings (SSSR count). The largest absolute Gasteiger partial charge is 0.393 e. The fourth-order valence-corrected chi connectivity index (χ4v) is 2.71. The molecule has 0 radical (unpaired) electrons. The SMILES string of the molecule is CCCCc1ccc(Nc2ncnc(Nc3ccccc3C)c2N)cc1. The molecule has 4 N–H and O–H groups in total. The summed E-state index contributed by atoms with van der Waals surface area (Å²) >= 11 is 0. The quantitative estimate of drug-likeness (QED) is 0.548. The van der Waals surface area contributed by atoms with Gasteiger partial charge < -0.3 is 16.4 Å². The van der Waals surface area contributed by atoms with Gasteiger partial charge in [-0.1, -0.05) is 43.7 Å². The zero-order valence-corrected chi connectivity index (χ0v) is 15.3. The van der Waals surface area contributed by atoms with Gasteiger partial charge in [-0.2, -0.15) is 0 Å². The lowest BCUT2D eigenvalue weighted by atomic mass is 10.1. The van der Waals surface area contributed by atoms with Gasteiger partial charge in [0.25, 0.3) is 0 Å². The number of hydrogen-bond acceptors (Lipinski definition) is 5. The number of rotatable bonds is 7. The fourth-order valence-electron chi connectivity index (χ4n) is 2.71. The van der Waals surface area contributed by atoms with Crippen molar-refractivity contribution in [1.82, 2.24) is 9.97 Å². The summed E-state index contributed by atoms with van der Waals surface area (Å²) in [6.45, 7) is 4.25. The van der Waals surface area contributed by atoms with Gasteiger partial charge in [0.15, 0.2) is 11.6 Å². The van der Waals surface area contributed by atoms with E-state index in [1.54, 1.807) is 0 Å². The van der Waals surface area contributed by atoms with Crippen molar-refractivity contribution < 1.29 is 0 Å². The van der Waals surface area contributed by atoms with Crippen LogP contribution in [0, 0.1) is 6.92 Å². The predicted molar refractivity (Wildman–Crippen MR) is 109 cm³/mol. The number of aryl methyl sites for hydroxylation is 2. The predicted octanol–water partition coefficient (Wildman–Crippen LogP) is 5.20. The number of nitrogens with one attached hydrogen (secondary N) is 2. The lowest BCUT2D eigenvalue weighted by Gasteiger charge is -2.14. The summed E-state index contributed by atoms with van der Waals surface area (Å²) in [6.07, 6.45) is 5.03. The van der Waals surface area contributed by atoms with Crippen LogP contribution in [0.5, 0.6) is 0 Å². The van der Waals surface area contributed by atoms with Crippen LogP contribution >= 0.6 is 0 Å². The Morgan fingerprint density at radius 3 is 2.31 bits per heavy atom. The summed E-state index contributed by atoms with van der Waals surface area (Å²) in [7, 11) is 0. The Hall–Kier alpha value is -3.08. The van der Waals surface area contributed by atoms with Crippen LogP contribution in [0.4, 0.5) is 28.7 Å². The topological polar surface area (TPSA) is 75.9 Å². The molecule has 1 aromatic heterocycles. The van der Waals surface area contributed by atoms with Crippen LogP contribution in [0.25, 0.3) is 0 Å². The van der Waals surface area contributed by atoms with E-state index < -0.39 is 0 Å². The first-order chi connectivity index (χ1) is 12.7. The number of benzene rings is 2. The van der Waals surface area contributed by atoms with Gasteiger partial charge in [-0.25, -0.2) is 9.97 Å². The Balaban J connectivity index is 1.76. The monoisotopic (exact) mass is 347 g/mol. The molecule has 3 aromatic rings. The highest BCUT2D eigenvalue weighted by Gasteiger charge is 2.09. The minimum Gasteiger partial charge on any atom is -0.393 e. The van der Waals surface area contributed by atoms with E-state index >= 15 is 0 Å². The van der Waals surface area contributed by atoms with E-state index in [2.05, 4.69) is 51.8 Å². The van der Waals surface area contributed by atoms with Crippen LogP contribution in [0.3, 0.4) is 0 Å². The first-order valence-electron chi connectivity index (χ1n) is 8.96. The summed E-state index contributed by atoms with van der Waals surface area (Å²) in [6, 6.07) is 16.4. The number of para-hydroxylation sites is 1. The van der Waals surface area contributed by atoms with Gasteiger partial charge in [-0.05, 0) is 49.1 Å². The number of unbranched alkanes of at least 4 members (excludes halogenated alkanes) is 1. The summed E-state index contributed by atoms with van der Waals surface area (Å²) in [5.74, 6) is 1.19. The molecule has 0 fully saturated rings. The molecule has 0 saturated carbocycles. The zero-order valence-electron chi connectivity index (χ0n) is 15.3. The molecule has 0 bridgehead atoms. The molecule has 5 heteroatoms. The van der Waals surface area contributed by atoms with E-state index in [0.29, 0.717) is 17.3 Å². The Labute approximate surface area is 154 Å². The average Bonchev–Trinajstić information content (AvgIpc) is 2.66. The summed E-state index contributed by atoms with van der Waals surface area (Å²) in [5.41, 5.74) is 11.2. The van der Waals surface area contributed by atoms with Crippen molar-refractivity contribution in [1.29, 1.82) is 0 Å². The maximum atomic E-state index is 6.27. The first kappa shape index (κ1) is 17.7. The summed E-state index contributed by atoms with van der Waals surface area (Å²) in [4.78, 5) is 8.56. The molecule has 0 aliphatic rings. The van der Waals surface area contributed by atoms with E-state index in [4.69, 9.17) is 5.73 Å². The lowest BCUT2D eigenvalue weighted by molar-refractivity contribution is 0.795. The molecule has 0 aliphatic carbocycles. The van der Waals surface area contributed by atoms with Crippen LogP contribution in [0.15, 0.2) is 54.9 Å². The van der Waals surface area contributed by atoms with Crippen molar-refractivity contribution >= 4 is 28.7 Å². The van der Waals surface area contributed by atoms with Crippen LogP contribution in [0.2, 0.25) is 0 Å². The Kier molecular flexibility index (Phi) is 5.69. The molecule has 0 amide bonds. The maximum Gasteiger partial charge on any atom is 0.159 e. The molecule has 0 aliphatic heterocycles. The van der Waals surface area contributed by atoms with Gasteiger partial charge in [-0.3, -0.25) is 0 Å². The zero-order chi connectivity index (χ0) is 18.4. The van der Waals surface area contributed by atoms with Gasteiger partial charge in [0.2, 0.25) is 0 Å². The van der Waals surface area contributed by atoms with Gasteiger partial charge in [0.05, 0.1) is 0 Å².